The van der Waals surface area contributed by atoms with Gasteiger partial charge in [0.05, 0.1) is 5.56 Å². The number of phenolic OH excluding ortho intramolecular Hbond substituents is 1. The molecule has 1 heterocycles. The summed E-state index contributed by atoms with van der Waals surface area (Å²) in [6, 6.07) is 4.93. The predicted octanol–water partition coefficient (Wildman–Crippen LogP) is 2.36. The molecule has 0 unspecified atom stereocenters. The Hall–Kier alpha value is -1.07. The van der Waals surface area contributed by atoms with E-state index in [2.05, 4.69) is 15.9 Å². The van der Waals surface area contributed by atoms with E-state index in [9.17, 15) is 9.90 Å². The number of hydrogen-bond acceptors (Lipinski definition) is 3. The Morgan fingerprint density at radius 3 is 2.74 bits per heavy atom. The molecule has 1 aliphatic rings. The molecule has 4 nitrogen and oxygen atoms in total. The Bertz CT molecular complexity index is 457. The van der Waals surface area contributed by atoms with Crippen LogP contribution in [0.15, 0.2) is 22.7 Å². The van der Waals surface area contributed by atoms with Crippen molar-refractivity contribution in [2.75, 3.05) is 19.6 Å². The van der Waals surface area contributed by atoms with Crippen LogP contribution in [-0.2, 0) is 0 Å². The Kier molecular flexibility index (Phi) is 4.82. The number of hydrogen-bond donors (Lipinski definition) is 2. The number of aromatic hydroxyl groups is 1. The van der Waals surface area contributed by atoms with Crippen LogP contribution in [0.25, 0.3) is 0 Å². The van der Waals surface area contributed by atoms with Crippen LogP contribution < -0.4 is 5.73 Å². The molecule has 1 aromatic carbocycles. The number of rotatable bonds is 3. The molecule has 0 atom stereocenters. The van der Waals surface area contributed by atoms with Gasteiger partial charge in [0.25, 0.3) is 5.91 Å². The molecule has 0 aliphatic carbocycles. The maximum absolute atomic E-state index is 12.4. The molecule has 1 aliphatic heterocycles. The summed E-state index contributed by atoms with van der Waals surface area (Å²) in [5.74, 6) is 0.576. The Balaban J connectivity index is 2.03. The maximum Gasteiger partial charge on any atom is 0.257 e. The monoisotopic (exact) mass is 326 g/mol. The van der Waals surface area contributed by atoms with Gasteiger partial charge >= 0.3 is 0 Å². The molecule has 0 spiro atoms. The largest absolute Gasteiger partial charge is 0.507 e. The molecular weight excluding hydrogens is 308 g/mol. The fraction of sp³-hybridized carbons (Fsp3) is 0.500. The normalized spacial score (nSPS) is 16.6. The minimum absolute atomic E-state index is 0.0391. The fourth-order valence-corrected chi connectivity index (χ4v) is 2.87. The van der Waals surface area contributed by atoms with Gasteiger partial charge in [-0.1, -0.05) is 15.9 Å². The zero-order chi connectivity index (χ0) is 13.8. The van der Waals surface area contributed by atoms with Crippen molar-refractivity contribution in [3.8, 4) is 5.75 Å². The van der Waals surface area contributed by atoms with Gasteiger partial charge in [0, 0.05) is 17.6 Å². The first-order chi connectivity index (χ1) is 9.11. The van der Waals surface area contributed by atoms with Gasteiger partial charge in [-0.2, -0.15) is 0 Å². The number of halogens is 1. The van der Waals surface area contributed by atoms with Crippen molar-refractivity contribution < 1.29 is 9.90 Å². The lowest BCUT2D eigenvalue weighted by molar-refractivity contribution is 0.0685. The summed E-state index contributed by atoms with van der Waals surface area (Å²) < 4.78 is 0.798. The SMILES string of the molecule is NCCC1CCN(C(=O)c2cc(Br)ccc2O)CC1. The predicted molar refractivity (Wildman–Crippen MR) is 78.1 cm³/mol. The molecule has 19 heavy (non-hydrogen) atoms. The van der Waals surface area contributed by atoms with Crippen LogP contribution in [0.2, 0.25) is 0 Å². The van der Waals surface area contributed by atoms with E-state index < -0.39 is 0 Å². The van der Waals surface area contributed by atoms with Gasteiger partial charge in [0.15, 0.2) is 0 Å². The number of benzene rings is 1. The van der Waals surface area contributed by atoms with Crippen LogP contribution >= 0.6 is 15.9 Å². The highest BCUT2D eigenvalue weighted by atomic mass is 79.9. The molecule has 1 aromatic rings. The molecule has 0 bridgehead atoms. The fourth-order valence-electron chi connectivity index (χ4n) is 2.51. The van der Waals surface area contributed by atoms with E-state index in [-0.39, 0.29) is 11.7 Å². The van der Waals surface area contributed by atoms with E-state index in [1.54, 1.807) is 18.2 Å². The lowest BCUT2D eigenvalue weighted by Gasteiger charge is -2.32. The van der Waals surface area contributed by atoms with Gasteiger partial charge in [0.2, 0.25) is 0 Å². The number of carbonyl (C=O) groups excluding carboxylic acids is 1. The van der Waals surface area contributed by atoms with E-state index in [0.717, 1.165) is 36.8 Å². The van der Waals surface area contributed by atoms with Crippen LogP contribution in [0.5, 0.6) is 5.75 Å². The summed E-state index contributed by atoms with van der Waals surface area (Å²) in [6.45, 7) is 2.20. The average molecular weight is 327 g/mol. The minimum Gasteiger partial charge on any atom is -0.507 e. The number of likely N-dealkylation sites (tertiary alicyclic amines) is 1. The zero-order valence-corrected chi connectivity index (χ0v) is 12.4. The molecule has 0 saturated carbocycles. The third-order valence-electron chi connectivity index (χ3n) is 3.67. The van der Waals surface area contributed by atoms with Crippen molar-refractivity contribution in [2.24, 2.45) is 11.7 Å². The number of nitrogens with zero attached hydrogens (tertiary/aromatic N) is 1. The van der Waals surface area contributed by atoms with Gasteiger partial charge in [-0.05, 0) is 49.9 Å². The standard InChI is InChI=1S/C14H19BrN2O2/c15-11-1-2-13(18)12(9-11)14(19)17-7-4-10(3-6-16)5-8-17/h1-2,9-10,18H,3-8,16H2. The minimum atomic E-state index is -0.0926. The lowest BCUT2D eigenvalue weighted by Crippen LogP contribution is -2.38. The first kappa shape index (κ1) is 14.3. The first-order valence-corrected chi connectivity index (χ1v) is 7.39. The quantitative estimate of drug-likeness (QED) is 0.896. The average Bonchev–Trinajstić information content (AvgIpc) is 2.42. The molecule has 0 radical (unpaired) electrons. The Labute approximate surface area is 121 Å². The van der Waals surface area contributed by atoms with Gasteiger partial charge in [0.1, 0.15) is 5.75 Å². The van der Waals surface area contributed by atoms with Crippen molar-refractivity contribution in [2.45, 2.75) is 19.3 Å². The van der Waals surface area contributed by atoms with Gasteiger partial charge in [-0.3, -0.25) is 4.79 Å². The third kappa shape index (κ3) is 3.48. The summed E-state index contributed by atoms with van der Waals surface area (Å²) in [7, 11) is 0. The van der Waals surface area contributed by atoms with Crippen molar-refractivity contribution in [1.29, 1.82) is 0 Å². The molecule has 2 rings (SSSR count). The van der Waals surface area contributed by atoms with Crippen LogP contribution in [0.4, 0.5) is 0 Å². The summed E-state index contributed by atoms with van der Waals surface area (Å²) >= 11 is 3.32. The zero-order valence-electron chi connectivity index (χ0n) is 10.8. The first-order valence-electron chi connectivity index (χ1n) is 6.59. The van der Waals surface area contributed by atoms with Crippen LogP contribution in [-0.4, -0.2) is 35.5 Å². The molecule has 1 amide bonds. The molecular formula is C14H19BrN2O2. The van der Waals surface area contributed by atoms with Crippen LogP contribution in [0, 0.1) is 5.92 Å². The molecule has 5 heteroatoms. The summed E-state index contributed by atoms with van der Waals surface area (Å²) in [4.78, 5) is 14.2. The highest BCUT2D eigenvalue weighted by Gasteiger charge is 2.24. The van der Waals surface area contributed by atoms with E-state index in [1.807, 2.05) is 4.90 Å². The van der Waals surface area contributed by atoms with E-state index in [4.69, 9.17) is 5.73 Å². The van der Waals surface area contributed by atoms with Crippen LogP contribution in [0.3, 0.4) is 0 Å². The topological polar surface area (TPSA) is 66.6 Å². The molecule has 3 N–H and O–H groups in total. The van der Waals surface area contributed by atoms with Gasteiger partial charge < -0.3 is 15.7 Å². The summed E-state index contributed by atoms with van der Waals surface area (Å²) in [5.41, 5.74) is 5.93. The Morgan fingerprint density at radius 2 is 2.11 bits per heavy atom. The molecule has 0 aromatic heterocycles. The molecule has 104 valence electrons. The second-order valence-electron chi connectivity index (χ2n) is 4.97. The third-order valence-corrected chi connectivity index (χ3v) is 4.16. The van der Waals surface area contributed by atoms with E-state index >= 15 is 0 Å². The summed E-state index contributed by atoms with van der Waals surface area (Å²) in [6.07, 6.45) is 3.03. The molecule has 1 saturated heterocycles. The number of phenols is 1. The Morgan fingerprint density at radius 1 is 1.42 bits per heavy atom. The number of piperidine rings is 1. The second-order valence-corrected chi connectivity index (χ2v) is 5.89. The van der Waals surface area contributed by atoms with Crippen molar-refractivity contribution >= 4 is 21.8 Å². The number of nitrogens with two attached hydrogens (primary N) is 1. The van der Waals surface area contributed by atoms with E-state index in [1.165, 1.54) is 0 Å². The van der Waals surface area contributed by atoms with Gasteiger partial charge in [-0.15, -0.1) is 0 Å². The maximum atomic E-state index is 12.4. The lowest BCUT2D eigenvalue weighted by atomic mass is 9.93. The number of carbonyl (C=O) groups is 1. The van der Waals surface area contributed by atoms with E-state index in [0.29, 0.717) is 18.0 Å². The number of amides is 1. The highest BCUT2D eigenvalue weighted by Crippen LogP contribution is 2.26. The van der Waals surface area contributed by atoms with Crippen molar-refractivity contribution in [3.63, 3.8) is 0 Å². The second kappa shape index (κ2) is 6.39. The summed E-state index contributed by atoms with van der Waals surface area (Å²) in [5, 5.41) is 9.79. The van der Waals surface area contributed by atoms with Crippen molar-refractivity contribution in [3.05, 3.63) is 28.2 Å². The molecule has 1 fully saturated rings. The van der Waals surface area contributed by atoms with Crippen molar-refractivity contribution in [1.82, 2.24) is 4.90 Å². The van der Waals surface area contributed by atoms with Gasteiger partial charge in [-0.25, -0.2) is 0 Å². The smallest absolute Gasteiger partial charge is 0.257 e. The highest BCUT2D eigenvalue weighted by molar-refractivity contribution is 9.10. The van der Waals surface area contributed by atoms with Crippen LogP contribution in [0.1, 0.15) is 29.6 Å².